The molecule has 25 heavy (non-hydrogen) atoms. The van der Waals surface area contributed by atoms with Gasteiger partial charge in [0.1, 0.15) is 24.4 Å². The molecule has 0 unspecified atom stereocenters. The third-order valence-corrected chi connectivity index (χ3v) is 3.49. The second-order valence-electron chi connectivity index (χ2n) is 6.45. The zero-order valence-electron chi connectivity index (χ0n) is 15.0. The number of rotatable bonds is 5. The molecule has 0 heterocycles. The summed E-state index contributed by atoms with van der Waals surface area (Å²) in [5.41, 5.74) is -0.104. The van der Waals surface area contributed by atoms with Gasteiger partial charge in [0.2, 0.25) is 0 Å². The molecule has 0 saturated heterocycles. The van der Waals surface area contributed by atoms with Gasteiger partial charge in [-0.1, -0.05) is 30.6 Å². The van der Waals surface area contributed by atoms with E-state index in [4.69, 9.17) is 9.47 Å². The molecule has 0 aromatic rings. The van der Waals surface area contributed by atoms with Crippen LogP contribution in [0.1, 0.15) is 27.2 Å². The summed E-state index contributed by atoms with van der Waals surface area (Å²) in [5.74, 6) is 5.03. The molecule has 4 atom stereocenters. The maximum Gasteiger partial charge on any atom is 0.303 e. The Labute approximate surface area is 148 Å². The van der Waals surface area contributed by atoms with Crippen molar-refractivity contribution in [3.8, 4) is 11.8 Å². The molecule has 0 amide bonds. The Hall–Kier alpha value is -1.91. The Kier molecular flexibility index (Phi) is 7.59. The number of allylic oxidation sites excluding steroid dienone is 2. The van der Waals surface area contributed by atoms with Crippen LogP contribution in [0.15, 0.2) is 36.0 Å². The van der Waals surface area contributed by atoms with E-state index < -0.39 is 36.0 Å². The fourth-order valence-electron chi connectivity index (χ4n) is 2.31. The molecule has 1 rings (SSSR count). The van der Waals surface area contributed by atoms with Crippen molar-refractivity contribution in [1.82, 2.24) is 0 Å². The quantitative estimate of drug-likeness (QED) is 0.387. The van der Waals surface area contributed by atoms with E-state index in [9.17, 15) is 20.1 Å². The fourth-order valence-corrected chi connectivity index (χ4v) is 2.31. The number of esters is 1. The first-order valence-electron chi connectivity index (χ1n) is 7.93. The highest BCUT2D eigenvalue weighted by Crippen LogP contribution is 2.24. The second kappa shape index (κ2) is 8.97. The standard InChI is InChI=1S/C19H26O6/c1-12(7-6-10-19(3,4)23)8-9-14-11-15(25-13(2)20)18(24-5)17(22)16(14)21/h6,10-11,15-18,21-23H,1,7H2,2-5H3/t15-,16-,17-,18-/m0/s1. The number of hydrogen-bond acceptors (Lipinski definition) is 6. The molecule has 1 aliphatic carbocycles. The Morgan fingerprint density at radius 3 is 2.60 bits per heavy atom. The van der Waals surface area contributed by atoms with Crippen LogP contribution in [0.25, 0.3) is 0 Å². The van der Waals surface area contributed by atoms with Crippen LogP contribution in [0.3, 0.4) is 0 Å². The van der Waals surface area contributed by atoms with E-state index in [1.807, 2.05) is 0 Å². The minimum absolute atomic E-state index is 0.236. The molecule has 0 aromatic carbocycles. The topological polar surface area (TPSA) is 96.2 Å². The van der Waals surface area contributed by atoms with Crippen molar-refractivity contribution < 1.29 is 29.6 Å². The first-order chi connectivity index (χ1) is 11.5. The number of methoxy groups -OCH3 is 1. The maximum atomic E-state index is 11.2. The highest BCUT2D eigenvalue weighted by molar-refractivity contribution is 5.66. The van der Waals surface area contributed by atoms with Gasteiger partial charge in [-0.3, -0.25) is 4.79 Å². The van der Waals surface area contributed by atoms with Crippen LogP contribution < -0.4 is 0 Å². The van der Waals surface area contributed by atoms with Gasteiger partial charge in [0.25, 0.3) is 0 Å². The average molecular weight is 350 g/mol. The summed E-state index contributed by atoms with van der Waals surface area (Å²) >= 11 is 0. The van der Waals surface area contributed by atoms with Crippen LogP contribution in [0.5, 0.6) is 0 Å². The van der Waals surface area contributed by atoms with E-state index in [-0.39, 0.29) is 5.57 Å². The Morgan fingerprint density at radius 2 is 2.08 bits per heavy atom. The monoisotopic (exact) mass is 350 g/mol. The van der Waals surface area contributed by atoms with Gasteiger partial charge in [-0.25, -0.2) is 0 Å². The smallest absolute Gasteiger partial charge is 0.303 e. The summed E-state index contributed by atoms with van der Waals surface area (Å²) < 4.78 is 10.2. The van der Waals surface area contributed by atoms with Crippen molar-refractivity contribution >= 4 is 5.97 Å². The van der Waals surface area contributed by atoms with E-state index in [1.54, 1.807) is 26.0 Å². The van der Waals surface area contributed by atoms with Gasteiger partial charge >= 0.3 is 5.97 Å². The van der Waals surface area contributed by atoms with Gasteiger partial charge in [-0.05, 0) is 31.9 Å². The highest BCUT2D eigenvalue weighted by atomic mass is 16.6. The number of aliphatic hydroxyl groups is 3. The molecule has 0 fully saturated rings. The molecular formula is C19H26O6. The molecule has 0 spiro atoms. The third-order valence-electron chi connectivity index (χ3n) is 3.49. The Morgan fingerprint density at radius 1 is 1.44 bits per heavy atom. The van der Waals surface area contributed by atoms with Crippen molar-refractivity contribution in [2.45, 2.75) is 57.2 Å². The van der Waals surface area contributed by atoms with E-state index >= 15 is 0 Å². The van der Waals surface area contributed by atoms with Crippen LogP contribution in [-0.2, 0) is 14.3 Å². The van der Waals surface area contributed by atoms with Gasteiger partial charge in [0.05, 0.1) is 5.60 Å². The zero-order chi connectivity index (χ0) is 19.2. The number of ether oxygens (including phenoxy) is 2. The van der Waals surface area contributed by atoms with Gasteiger partial charge in [0.15, 0.2) is 0 Å². The van der Waals surface area contributed by atoms with Crippen LogP contribution in [-0.4, -0.2) is 58.4 Å². The van der Waals surface area contributed by atoms with Crippen LogP contribution in [0.4, 0.5) is 0 Å². The first kappa shape index (κ1) is 21.1. The van der Waals surface area contributed by atoms with E-state index in [2.05, 4.69) is 18.4 Å². The average Bonchev–Trinajstić information content (AvgIpc) is 2.48. The van der Waals surface area contributed by atoms with Crippen molar-refractivity contribution in [3.05, 3.63) is 36.0 Å². The van der Waals surface area contributed by atoms with Gasteiger partial charge in [0, 0.05) is 19.6 Å². The van der Waals surface area contributed by atoms with Gasteiger partial charge < -0.3 is 24.8 Å². The number of hydrogen-bond donors (Lipinski definition) is 3. The number of carbonyl (C=O) groups excluding carboxylic acids is 1. The van der Waals surface area contributed by atoms with Crippen LogP contribution >= 0.6 is 0 Å². The van der Waals surface area contributed by atoms with E-state index in [0.29, 0.717) is 12.0 Å². The molecular weight excluding hydrogens is 324 g/mol. The summed E-state index contributed by atoms with van der Waals surface area (Å²) in [6.07, 6.45) is 1.07. The van der Waals surface area contributed by atoms with Gasteiger partial charge in [-0.2, -0.15) is 0 Å². The summed E-state index contributed by atoms with van der Waals surface area (Å²) in [6, 6.07) is 0. The van der Waals surface area contributed by atoms with E-state index in [0.717, 1.165) is 0 Å². The molecule has 0 aliphatic heterocycles. The zero-order valence-corrected chi connectivity index (χ0v) is 15.0. The lowest BCUT2D eigenvalue weighted by Crippen LogP contribution is -2.50. The van der Waals surface area contributed by atoms with Gasteiger partial charge in [-0.15, -0.1) is 0 Å². The Bertz CT molecular complexity index is 614. The molecule has 0 bridgehead atoms. The molecule has 6 nitrogen and oxygen atoms in total. The fraction of sp³-hybridized carbons (Fsp3) is 0.526. The lowest BCUT2D eigenvalue weighted by Gasteiger charge is -2.34. The molecule has 1 aliphatic rings. The largest absolute Gasteiger partial charge is 0.455 e. The molecule has 3 N–H and O–H groups in total. The van der Waals surface area contributed by atoms with Crippen LogP contribution in [0, 0.1) is 11.8 Å². The molecule has 0 saturated carbocycles. The summed E-state index contributed by atoms with van der Waals surface area (Å²) in [5, 5.41) is 29.9. The summed E-state index contributed by atoms with van der Waals surface area (Å²) in [7, 11) is 1.36. The number of carbonyl (C=O) groups is 1. The lowest BCUT2D eigenvalue weighted by atomic mass is 9.89. The van der Waals surface area contributed by atoms with E-state index in [1.165, 1.54) is 20.1 Å². The molecule has 0 aromatic heterocycles. The normalized spacial score (nSPS) is 26.6. The Balaban J connectivity index is 2.92. The SMILES string of the molecule is C=C(C#CC1=C[C@H](OC(C)=O)[C@H](OC)[C@@H](O)[C@H]1O)CC=CC(C)(C)O. The van der Waals surface area contributed by atoms with Crippen molar-refractivity contribution in [2.24, 2.45) is 0 Å². The van der Waals surface area contributed by atoms with Crippen molar-refractivity contribution in [3.63, 3.8) is 0 Å². The minimum atomic E-state index is -1.27. The molecule has 138 valence electrons. The van der Waals surface area contributed by atoms with Crippen LogP contribution in [0.2, 0.25) is 0 Å². The highest BCUT2D eigenvalue weighted by Gasteiger charge is 2.40. The van der Waals surface area contributed by atoms with Crippen molar-refractivity contribution in [1.29, 1.82) is 0 Å². The first-order valence-corrected chi connectivity index (χ1v) is 7.93. The summed E-state index contributed by atoms with van der Waals surface area (Å²) in [4.78, 5) is 11.2. The predicted molar refractivity (Wildman–Crippen MR) is 93.4 cm³/mol. The second-order valence-corrected chi connectivity index (χ2v) is 6.45. The molecule has 6 heteroatoms. The third kappa shape index (κ3) is 6.85. The lowest BCUT2D eigenvalue weighted by molar-refractivity contribution is -0.161. The molecule has 0 radical (unpaired) electrons. The predicted octanol–water partition coefficient (Wildman–Crippen LogP) is 0.872. The summed E-state index contributed by atoms with van der Waals surface area (Å²) in [6.45, 7) is 8.38. The maximum absolute atomic E-state index is 11.2. The van der Waals surface area contributed by atoms with Crippen molar-refractivity contribution in [2.75, 3.05) is 7.11 Å². The minimum Gasteiger partial charge on any atom is -0.455 e. The number of aliphatic hydroxyl groups excluding tert-OH is 2.